The summed E-state index contributed by atoms with van der Waals surface area (Å²) >= 11 is 0. The van der Waals surface area contributed by atoms with Crippen molar-refractivity contribution in [2.75, 3.05) is 5.06 Å². The molecule has 0 bridgehead atoms. The molecule has 0 saturated heterocycles. The van der Waals surface area contributed by atoms with Crippen molar-refractivity contribution >= 4 is 17.2 Å². The molecule has 0 aromatic heterocycles. The highest BCUT2D eigenvalue weighted by molar-refractivity contribution is 5.95. The summed E-state index contributed by atoms with van der Waals surface area (Å²) in [6.07, 6.45) is 0. The monoisotopic (exact) mass is 226 g/mol. The summed E-state index contributed by atoms with van der Waals surface area (Å²) in [5.74, 6) is 0.530. The Morgan fingerprint density at radius 1 is 0.941 bits per heavy atom. The lowest BCUT2D eigenvalue weighted by Crippen LogP contribution is -2.23. The number of para-hydroxylation sites is 2. The van der Waals surface area contributed by atoms with Gasteiger partial charge in [0.2, 0.25) is 0 Å². The van der Waals surface area contributed by atoms with Crippen LogP contribution in [0.2, 0.25) is 0 Å². The largest absolute Gasteiger partial charge is 0.282 e. The maximum absolute atomic E-state index is 9.95. The third-order valence-corrected chi connectivity index (χ3v) is 2.35. The zero-order valence-corrected chi connectivity index (χ0v) is 9.62. The van der Waals surface area contributed by atoms with Crippen LogP contribution in [0.5, 0.6) is 0 Å². The van der Waals surface area contributed by atoms with E-state index >= 15 is 0 Å². The lowest BCUT2D eigenvalue weighted by atomic mass is 10.3. The lowest BCUT2D eigenvalue weighted by Gasteiger charge is -2.15. The molecule has 0 saturated carbocycles. The van der Waals surface area contributed by atoms with Crippen LogP contribution >= 0.6 is 0 Å². The highest BCUT2D eigenvalue weighted by atomic mass is 16.5. The molecule has 0 amide bonds. The summed E-state index contributed by atoms with van der Waals surface area (Å²) in [6.45, 7) is 1.76. The number of anilines is 1. The zero-order valence-electron chi connectivity index (χ0n) is 9.62. The Hall–Kier alpha value is -2.13. The number of rotatable bonds is 2. The van der Waals surface area contributed by atoms with Crippen LogP contribution in [0.25, 0.3) is 0 Å². The second-order valence-electron chi connectivity index (χ2n) is 3.64. The summed E-state index contributed by atoms with van der Waals surface area (Å²) in [6, 6.07) is 18.8. The van der Waals surface area contributed by atoms with Crippen molar-refractivity contribution in [1.82, 2.24) is 0 Å². The molecule has 86 valence electrons. The van der Waals surface area contributed by atoms with E-state index in [-0.39, 0.29) is 0 Å². The van der Waals surface area contributed by atoms with Gasteiger partial charge in [-0.05, 0) is 31.2 Å². The highest BCUT2D eigenvalue weighted by Crippen LogP contribution is 2.15. The Kier molecular flexibility index (Phi) is 3.52. The van der Waals surface area contributed by atoms with Gasteiger partial charge in [-0.2, -0.15) is 0 Å². The normalized spacial score (nSPS) is 11.3. The van der Waals surface area contributed by atoms with Crippen LogP contribution in [-0.2, 0) is 0 Å². The van der Waals surface area contributed by atoms with Gasteiger partial charge < -0.3 is 0 Å². The van der Waals surface area contributed by atoms with Crippen molar-refractivity contribution in [3.63, 3.8) is 0 Å². The molecule has 0 heterocycles. The summed E-state index contributed by atoms with van der Waals surface area (Å²) in [4.78, 5) is 4.33. The van der Waals surface area contributed by atoms with Gasteiger partial charge in [0.15, 0.2) is 0 Å². The summed E-state index contributed by atoms with van der Waals surface area (Å²) in [5.41, 5.74) is 1.52. The molecule has 2 aromatic rings. The van der Waals surface area contributed by atoms with Crippen LogP contribution in [0.4, 0.5) is 11.4 Å². The van der Waals surface area contributed by atoms with E-state index in [1.807, 2.05) is 60.7 Å². The van der Waals surface area contributed by atoms with E-state index in [0.717, 1.165) is 10.8 Å². The molecule has 2 aromatic carbocycles. The molecule has 2 rings (SSSR count). The van der Waals surface area contributed by atoms with E-state index in [1.54, 1.807) is 6.92 Å². The molecule has 0 aliphatic rings. The average Bonchev–Trinajstić information content (AvgIpc) is 2.40. The maximum atomic E-state index is 9.95. The van der Waals surface area contributed by atoms with E-state index in [0.29, 0.717) is 11.5 Å². The van der Waals surface area contributed by atoms with Gasteiger partial charge in [0.1, 0.15) is 5.84 Å². The van der Waals surface area contributed by atoms with Crippen molar-refractivity contribution in [2.45, 2.75) is 6.92 Å². The summed E-state index contributed by atoms with van der Waals surface area (Å²) in [7, 11) is 0. The third-order valence-electron chi connectivity index (χ3n) is 2.35. The first-order chi connectivity index (χ1) is 8.27. The van der Waals surface area contributed by atoms with Crippen LogP contribution in [0, 0.1) is 0 Å². The molecule has 0 fully saturated rings. The van der Waals surface area contributed by atoms with Crippen LogP contribution in [-0.4, -0.2) is 11.0 Å². The molecule has 0 spiro atoms. The minimum Gasteiger partial charge on any atom is -0.282 e. The van der Waals surface area contributed by atoms with Crippen LogP contribution in [0.1, 0.15) is 6.92 Å². The van der Waals surface area contributed by atoms with Gasteiger partial charge in [-0.3, -0.25) is 5.21 Å². The number of hydrogen-bond acceptors (Lipinski definition) is 2. The molecule has 1 N–H and O–H groups in total. The van der Waals surface area contributed by atoms with E-state index in [9.17, 15) is 5.21 Å². The van der Waals surface area contributed by atoms with Gasteiger partial charge in [-0.1, -0.05) is 36.4 Å². The topological polar surface area (TPSA) is 35.8 Å². The molecule has 0 unspecified atom stereocenters. The second-order valence-corrected chi connectivity index (χ2v) is 3.64. The Labute approximate surface area is 101 Å². The first-order valence-electron chi connectivity index (χ1n) is 5.42. The van der Waals surface area contributed by atoms with E-state index in [4.69, 9.17) is 0 Å². The average molecular weight is 226 g/mol. The fourth-order valence-electron chi connectivity index (χ4n) is 1.49. The lowest BCUT2D eigenvalue weighted by molar-refractivity contribution is 0.311. The molecule has 0 radical (unpaired) electrons. The van der Waals surface area contributed by atoms with Gasteiger partial charge in [0, 0.05) is 0 Å². The van der Waals surface area contributed by atoms with E-state index in [1.165, 1.54) is 0 Å². The molecule has 3 nitrogen and oxygen atoms in total. The van der Waals surface area contributed by atoms with Gasteiger partial charge in [0.05, 0.1) is 11.4 Å². The van der Waals surface area contributed by atoms with Crippen LogP contribution < -0.4 is 5.06 Å². The molecular weight excluding hydrogens is 212 g/mol. The number of hydroxylamine groups is 1. The van der Waals surface area contributed by atoms with Crippen LogP contribution in [0.3, 0.4) is 0 Å². The van der Waals surface area contributed by atoms with Crippen LogP contribution in [0.15, 0.2) is 65.7 Å². The van der Waals surface area contributed by atoms with Gasteiger partial charge in [-0.15, -0.1) is 0 Å². The molecule has 0 aliphatic carbocycles. The van der Waals surface area contributed by atoms with Crippen molar-refractivity contribution in [3.8, 4) is 0 Å². The van der Waals surface area contributed by atoms with Crippen molar-refractivity contribution in [3.05, 3.63) is 60.7 Å². The Balaban J connectivity index is 2.21. The van der Waals surface area contributed by atoms with Gasteiger partial charge in [-0.25, -0.2) is 10.1 Å². The number of hydrogen-bond donors (Lipinski definition) is 1. The summed E-state index contributed by atoms with van der Waals surface area (Å²) < 4.78 is 0. The van der Waals surface area contributed by atoms with Crippen molar-refractivity contribution in [1.29, 1.82) is 0 Å². The fourth-order valence-corrected chi connectivity index (χ4v) is 1.49. The van der Waals surface area contributed by atoms with E-state index in [2.05, 4.69) is 4.99 Å². The molecule has 17 heavy (non-hydrogen) atoms. The predicted octanol–water partition coefficient (Wildman–Crippen LogP) is 3.63. The minimum atomic E-state index is 0.530. The SMILES string of the molecule is C/C(=N\c1ccccc1)N(O)c1ccccc1. The number of benzene rings is 2. The molecule has 0 aliphatic heterocycles. The first kappa shape index (κ1) is 11.4. The maximum Gasteiger partial charge on any atom is 0.132 e. The number of aliphatic imine (C=N–C) groups is 1. The summed E-state index contributed by atoms with van der Waals surface area (Å²) in [5, 5.41) is 11.0. The molecule has 0 atom stereocenters. The fraction of sp³-hybridized carbons (Fsp3) is 0.0714. The smallest absolute Gasteiger partial charge is 0.132 e. The second kappa shape index (κ2) is 5.27. The van der Waals surface area contributed by atoms with Crippen molar-refractivity contribution in [2.24, 2.45) is 4.99 Å². The van der Waals surface area contributed by atoms with E-state index < -0.39 is 0 Å². The Bertz CT molecular complexity index is 494. The number of nitrogens with zero attached hydrogens (tertiary/aromatic N) is 2. The Morgan fingerprint density at radius 3 is 2.06 bits per heavy atom. The van der Waals surface area contributed by atoms with Gasteiger partial charge >= 0.3 is 0 Å². The highest BCUT2D eigenvalue weighted by Gasteiger charge is 2.05. The quantitative estimate of drug-likeness (QED) is 0.482. The molecular formula is C14H14N2O. The van der Waals surface area contributed by atoms with Crippen molar-refractivity contribution < 1.29 is 5.21 Å². The minimum absolute atomic E-state index is 0.530. The zero-order chi connectivity index (χ0) is 12.1. The Morgan fingerprint density at radius 2 is 1.47 bits per heavy atom. The third kappa shape index (κ3) is 2.92. The predicted molar refractivity (Wildman–Crippen MR) is 69.9 cm³/mol. The first-order valence-corrected chi connectivity index (χ1v) is 5.42. The standard InChI is InChI=1S/C14H14N2O/c1-12(15-13-8-4-2-5-9-13)16(17)14-10-6-3-7-11-14/h2-11,17H,1H3/b15-12+. The van der Waals surface area contributed by atoms with Gasteiger partial charge in [0.25, 0.3) is 0 Å². The molecule has 3 heteroatoms. The number of amidine groups is 1.